The zero-order chi connectivity index (χ0) is 21.0. The molecule has 1 saturated heterocycles. The van der Waals surface area contributed by atoms with Crippen molar-refractivity contribution in [3.05, 3.63) is 42.5 Å². The van der Waals surface area contributed by atoms with Crippen LogP contribution in [-0.4, -0.2) is 68.2 Å². The van der Waals surface area contributed by atoms with Gasteiger partial charge in [-0.25, -0.2) is 23.4 Å². The molecular weight excluding hydrogens is 402 g/mol. The van der Waals surface area contributed by atoms with Crippen LogP contribution in [0, 0.1) is 6.92 Å². The van der Waals surface area contributed by atoms with E-state index in [9.17, 15) is 23.7 Å². The predicted molar refractivity (Wildman–Crippen MR) is 100 cm³/mol. The van der Waals surface area contributed by atoms with Crippen LogP contribution in [-0.2, 0) is 19.6 Å². The number of nitrogens with two attached hydrogens (primary N) is 1. The first-order chi connectivity index (χ1) is 13.7. The summed E-state index contributed by atoms with van der Waals surface area (Å²) in [4.78, 5) is 11.7. The number of hydrogen-bond donors (Lipinski definition) is 4. The van der Waals surface area contributed by atoms with Crippen LogP contribution in [0.25, 0.3) is 11.2 Å². The van der Waals surface area contributed by atoms with E-state index in [1.165, 1.54) is 12.1 Å². The molecule has 0 bridgehead atoms. The van der Waals surface area contributed by atoms with Crippen molar-refractivity contribution in [3.63, 3.8) is 0 Å². The van der Waals surface area contributed by atoms with E-state index >= 15 is 0 Å². The molecule has 4 atom stereocenters. The first kappa shape index (κ1) is 19.7. The van der Waals surface area contributed by atoms with Crippen LogP contribution >= 0.6 is 0 Å². The van der Waals surface area contributed by atoms with Crippen LogP contribution in [0.2, 0.25) is 0 Å². The molecule has 1 aliphatic rings. The van der Waals surface area contributed by atoms with Crippen LogP contribution < -0.4 is 5.73 Å². The number of aromatic nitrogens is 4. The number of nitrogen functional groups attached to an aromatic ring is 1. The first-order valence-corrected chi connectivity index (χ1v) is 10.1. The number of aliphatic hydroxyl groups excluding tert-OH is 3. The minimum Gasteiger partial charge on any atom is -0.394 e. The van der Waals surface area contributed by atoms with E-state index in [2.05, 4.69) is 15.0 Å². The van der Waals surface area contributed by atoms with Crippen LogP contribution in [0.1, 0.15) is 5.56 Å². The van der Waals surface area contributed by atoms with Crippen molar-refractivity contribution in [3.8, 4) is 0 Å². The predicted octanol–water partition coefficient (Wildman–Crippen LogP) is -1.09. The van der Waals surface area contributed by atoms with Gasteiger partial charge in [0.2, 0.25) is 9.84 Å². The van der Waals surface area contributed by atoms with Crippen molar-refractivity contribution >= 4 is 26.8 Å². The fraction of sp³-hybridized carbons (Fsp3) is 0.353. The normalized spacial score (nSPS) is 27.5. The fourth-order valence-corrected chi connectivity index (χ4v) is 5.37. The van der Waals surface area contributed by atoms with Gasteiger partial charge in [0.05, 0.1) is 11.5 Å². The molecule has 0 amide bonds. The topological polar surface area (TPSA) is 174 Å². The summed E-state index contributed by atoms with van der Waals surface area (Å²) < 4.78 is 34.1. The van der Waals surface area contributed by atoms with Gasteiger partial charge in [0.25, 0.3) is 5.06 Å². The molecule has 2 aromatic heterocycles. The Balaban J connectivity index is 2.04. The molecule has 1 aromatic carbocycles. The Hall–Kier alpha value is -2.64. The number of aryl methyl sites for hydroxylation is 1. The largest absolute Gasteiger partial charge is 0.394 e. The lowest BCUT2D eigenvalue weighted by Crippen LogP contribution is -2.51. The lowest BCUT2D eigenvalue weighted by molar-refractivity contribution is -0.0842. The highest BCUT2D eigenvalue weighted by atomic mass is 32.2. The molecule has 0 unspecified atom stereocenters. The summed E-state index contributed by atoms with van der Waals surface area (Å²) in [5, 5.41) is 28.3. The number of ether oxygens (including phenoxy) is 1. The minimum absolute atomic E-state index is 0.00313. The maximum absolute atomic E-state index is 13.7. The second-order valence-corrected chi connectivity index (χ2v) is 8.83. The van der Waals surface area contributed by atoms with E-state index < -0.39 is 39.8 Å². The third-order valence-electron chi connectivity index (χ3n) is 4.99. The Kier molecular flexibility index (Phi) is 4.55. The molecule has 1 aliphatic heterocycles. The molecule has 3 heterocycles. The molecule has 0 spiro atoms. The third kappa shape index (κ3) is 2.64. The monoisotopic (exact) mass is 421 g/mol. The summed E-state index contributed by atoms with van der Waals surface area (Å²) in [6, 6.07) is 5.91. The van der Waals surface area contributed by atoms with Gasteiger partial charge in [-0.15, -0.1) is 0 Å². The van der Waals surface area contributed by atoms with Gasteiger partial charge in [-0.05, 0) is 19.1 Å². The van der Waals surface area contributed by atoms with Gasteiger partial charge in [0.1, 0.15) is 36.5 Å². The average Bonchev–Trinajstić information content (AvgIpc) is 3.24. The summed E-state index contributed by atoms with van der Waals surface area (Å²) in [5.74, 6) is 0.00313. The van der Waals surface area contributed by atoms with Crippen LogP contribution in [0.4, 0.5) is 5.82 Å². The number of benzene rings is 1. The summed E-state index contributed by atoms with van der Waals surface area (Å²) in [7, 11) is -4.49. The van der Waals surface area contributed by atoms with Crippen molar-refractivity contribution < 1.29 is 28.5 Å². The van der Waals surface area contributed by atoms with Crippen molar-refractivity contribution in [2.45, 2.75) is 35.2 Å². The number of rotatable bonds is 4. The second kappa shape index (κ2) is 6.71. The third-order valence-corrected chi connectivity index (χ3v) is 7.19. The molecule has 11 nitrogen and oxygen atoms in total. The fourth-order valence-electron chi connectivity index (χ4n) is 3.44. The van der Waals surface area contributed by atoms with E-state index in [4.69, 9.17) is 10.5 Å². The van der Waals surface area contributed by atoms with Gasteiger partial charge in [-0.1, -0.05) is 17.7 Å². The zero-order valence-corrected chi connectivity index (χ0v) is 16.1. The Bertz CT molecular complexity index is 1160. The van der Waals surface area contributed by atoms with Gasteiger partial charge >= 0.3 is 0 Å². The molecule has 0 saturated carbocycles. The number of hydrogen-bond acceptors (Lipinski definition) is 10. The molecule has 12 heteroatoms. The number of imidazole rings is 1. The van der Waals surface area contributed by atoms with Crippen molar-refractivity contribution in [2.75, 3.05) is 12.3 Å². The van der Waals surface area contributed by atoms with Gasteiger partial charge in [0, 0.05) is 0 Å². The van der Waals surface area contributed by atoms with Crippen LogP contribution in [0.3, 0.4) is 0 Å². The van der Waals surface area contributed by atoms with E-state index in [-0.39, 0.29) is 21.9 Å². The molecule has 3 aromatic rings. The molecule has 1 fully saturated rings. The number of sulfone groups is 1. The first-order valence-electron chi connectivity index (χ1n) is 8.64. The Morgan fingerprint density at radius 2 is 1.90 bits per heavy atom. The average molecular weight is 421 g/mol. The van der Waals surface area contributed by atoms with E-state index in [1.54, 1.807) is 19.1 Å². The van der Waals surface area contributed by atoms with E-state index in [0.29, 0.717) is 0 Å². The van der Waals surface area contributed by atoms with Crippen molar-refractivity contribution in [2.24, 2.45) is 0 Å². The van der Waals surface area contributed by atoms with Crippen LogP contribution in [0.5, 0.6) is 0 Å². The summed E-state index contributed by atoms with van der Waals surface area (Å²) in [5.41, 5.74) is 6.71. The lowest BCUT2D eigenvalue weighted by Gasteiger charge is -2.33. The Morgan fingerprint density at radius 3 is 2.52 bits per heavy atom. The molecule has 154 valence electrons. The minimum atomic E-state index is -4.49. The van der Waals surface area contributed by atoms with E-state index in [1.807, 2.05) is 0 Å². The maximum atomic E-state index is 13.7. The summed E-state index contributed by atoms with van der Waals surface area (Å²) in [6.07, 6.45) is -2.79. The standard InChI is InChI=1S/C17H19N5O6S/c1-9-2-4-10(5-3-9)29(26,27)17(14(25)13(24)11(6-23)28-17)22-8-21-12-15(18)19-7-20-16(12)22/h2-5,7-8,11,13-14,23-25H,6H2,1H3,(H2,18,19,20)/t11-,13-,14-,17+/m1/s1. The van der Waals surface area contributed by atoms with Crippen molar-refractivity contribution in [1.82, 2.24) is 19.5 Å². The Labute approximate surface area is 165 Å². The smallest absolute Gasteiger partial charge is 0.286 e. The number of aliphatic hydroxyl groups is 3. The summed E-state index contributed by atoms with van der Waals surface area (Å²) >= 11 is 0. The van der Waals surface area contributed by atoms with Gasteiger partial charge < -0.3 is 25.8 Å². The summed E-state index contributed by atoms with van der Waals surface area (Å²) in [6.45, 7) is 1.08. The van der Waals surface area contributed by atoms with Gasteiger partial charge in [-0.3, -0.25) is 4.57 Å². The lowest BCUT2D eigenvalue weighted by atomic mass is 10.1. The highest BCUT2D eigenvalue weighted by molar-refractivity contribution is 7.92. The molecule has 5 N–H and O–H groups in total. The SMILES string of the molecule is Cc1ccc(S(=O)(=O)[C@@]2(n3cnc4c(N)ncnc43)O[C@H](CO)[C@@H](O)[C@H]2O)cc1. The number of anilines is 1. The molecule has 4 rings (SSSR count). The molecule has 0 aliphatic carbocycles. The number of nitrogens with zero attached hydrogens (tertiary/aromatic N) is 4. The maximum Gasteiger partial charge on any atom is 0.286 e. The Morgan fingerprint density at radius 1 is 1.21 bits per heavy atom. The highest BCUT2D eigenvalue weighted by Crippen LogP contribution is 2.44. The molecular formula is C17H19N5O6S. The molecule has 0 radical (unpaired) electrons. The molecule has 29 heavy (non-hydrogen) atoms. The highest BCUT2D eigenvalue weighted by Gasteiger charge is 2.64. The van der Waals surface area contributed by atoms with Gasteiger partial charge in [-0.2, -0.15) is 0 Å². The van der Waals surface area contributed by atoms with Gasteiger partial charge in [0.15, 0.2) is 11.5 Å². The second-order valence-electron chi connectivity index (χ2n) is 6.77. The number of fused-ring (bicyclic) bond motifs is 1. The van der Waals surface area contributed by atoms with Crippen molar-refractivity contribution in [1.29, 1.82) is 0 Å². The van der Waals surface area contributed by atoms with Crippen LogP contribution in [0.15, 0.2) is 41.8 Å². The quantitative estimate of drug-likeness (QED) is 0.405. The van der Waals surface area contributed by atoms with E-state index in [0.717, 1.165) is 22.8 Å². The zero-order valence-electron chi connectivity index (χ0n) is 15.2.